The first-order chi connectivity index (χ1) is 14.1. The molecule has 2 aromatic heterocycles. The SMILES string of the molecule is COCCn1ccnc1C1CCCN(C(=O)c2c[nH]c3ccc(F)cc3c2=O)C1. The Labute approximate surface area is 167 Å². The van der Waals surface area contributed by atoms with Crippen LogP contribution in [0.25, 0.3) is 10.9 Å². The van der Waals surface area contributed by atoms with E-state index >= 15 is 0 Å². The van der Waals surface area contributed by atoms with Crippen molar-refractivity contribution in [3.05, 3.63) is 64.2 Å². The van der Waals surface area contributed by atoms with Gasteiger partial charge in [0.1, 0.15) is 17.2 Å². The Morgan fingerprint density at radius 3 is 3.10 bits per heavy atom. The van der Waals surface area contributed by atoms with Gasteiger partial charge < -0.3 is 19.2 Å². The number of carbonyl (C=O) groups is 1. The van der Waals surface area contributed by atoms with Crippen LogP contribution < -0.4 is 5.43 Å². The highest BCUT2D eigenvalue weighted by molar-refractivity contribution is 5.97. The van der Waals surface area contributed by atoms with E-state index in [0.717, 1.165) is 24.7 Å². The number of ether oxygens (including phenoxy) is 1. The number of piperidine rings is 1. The minimum Gasteiger partial charge on any atom is -0.383 e. The number of halogens is 1. The molecule has 1 amide bonds. The highest BCUT2D eigenvalue weighted by Crippen LogP contribution is 2.26. The molecule has 4 rings (SSSR count). The molecule has 1 aromatic carbocycles. The number of H-pyrrole nitrogens is 1. The molecule has 1 unspecified atom stereocenters. The number of hydrogen-bond donors (Lipinski definition) is 1. The van der Waals surface area contributed by atoms with Crippen molar-refractivity contribution in [2.24, 2.45) is 0 Å². The van der Waals surface area contributed by atoms with Gasteiger partial charge in [0.2, 0.25) is 5.43 Å². The van der Waals surface area contributed by atoms with Crippen molar-refractivity contribution in [2.45, 2.75) is 25.3 Å². The monoisotopic (exact) mass is 398 g/mol. The topological polar surface area (TPSA) is 80.2 Å². The first kappa shape index (κ1) is 19.3. The van der Waals surface area contributed by atoms with Gasteiger partial charge in [-0.25, -0.2) is 9.37 Å². The molecule has 0 aliphatic carbocycles. The van der Waals surface area contributed by atoms with Crippen LogP contribution in [0.2, 0.25) is 0 Å². The van der Waals surface area contributed by atoms with Crippen LogP contribution in [-0.4, -0.2) is 52.1 Å². The van der Waals surface area contributed by atoms with Gasteiger partial charge in [-0.05, 0) is 31.0 Å². The van der Waals surface area contributed by atoms with Crippen LogP contribution in [-0.2, 0) is 11.3 Å². The third kappa shape index (κ3) is 3.80. The number of nitrogens with zero attached hydrogens (tertiary/aromatic N) is 3. The van der Waals surface area contributed by atoms with Crippen LogP contribution in [0.5, 0.6) is 0 Å². The summed E-state index contributed by atoms with van der Waals surface area (Å²) in [5, 5.41) is 0.180. The average molecular weight is 398 g/mol. The predicted molar refractivity (Wildman–Crippen MR) is 107 cm³/mol. The number of carbonyl (C=O) groups excluding carboxylic acids is 1. The largest absolute Gasteiger partial charge is 0.383 e. The number of aromatic amines is 1. The number of amides is 1. The Hall–Kier alpha value is -3.00. The smallest absolute Gasteiger partial charge is 0.259 e. The van der Waals surface area contributed by atoms with Crippen molar-refractivity contribution in [3.8, 4) is 0 Å². The zero-order valence-electron chi connectivity index (χ0n) is 16.2. The van der Waals surface area contributed by atoms with Crippen molar-refractivity contribution < 1.29 is 13.9 Å². The quantitative estimate of drug-likeness (QED) is 0.716. The molecule has 0 bridgehead atoms. The van der Waals surface area contributed by atoms with Crippen LogP contribution in [0, 0.1) is 5.82 Å². The summed E-state index contributed by atoms with van der Waals surface area (Å²) in [5.41, 5.74) is 0.0862. The molecule has 1 fully saturated rings. The van der Waals surface area contributed by atoms with Gasteiger partial charge in [0.25, 0.3) is 5.91 Å². The minimum atomic E-state index is -0.506. The molecule has 1 aliphatic heterocycles. The number of rotatable bonds is 5. The number of pyridine rings is 1. The zero-order valence-corrected chi connectivity index (χ0v) is 16.2. The second kappa shape index (κ2) is 8.16. The predicted octanol–water partition coefficient (Wildman–Crippen LogP) is 2.53. The maximum Gasteiger partial charge on any atom is 0.259 e. The summed E-state index contributed by atoms with van der Waals surface area (Å²) in [6.07, 6.45) is 6.85. The molecule has 152 valence electrons. The highest BCUT2D eigenvalue weighted by Gasteiger charge is 2.29. The molecule has 0 radical (unpaired) electrons. The lowest BCUT2D eigenvalue weighted by Crippen LogP contribution is -2.41. The maximum absolute atomic E-state index is 13.6. The van der Waals surface area contributed by atoms with E-state index in [1.807, 2.05) is 10.8 Å². The number of aromatic nitrogens is 3. The first-order valence-corrected chi connectivity index (χ1v) is 9.68. The number of imidazole rings is 1. The van der Waals surface area contributed by atoms with Crippen LogP contribution in [0.1, 0.15) is 34.9 Å². The maximum atomic E-state index is 13.6. The van der Waals surface area contributed by atoms with Gasteiger partial charge in [-0.2, -0.15) is 0 Å². The molecule has 29 heavy (non-hydrogen) atoms. The first-order valence-electron chi connectivity index (χ1n) is 9.68. The summed E-state index contributed by atoms with van der Waals surface area (Å²) in [4.78, 5) is 35.0. The van der Waals surface area contributed by atoms with Gasteiger partial charge in [-0.15, -0.1) is 0 Å². The molecule has 1 saturated heterocycles. The van der Waals surface area contributed by atoms with E-state index in [0.29, 0.717) is 31.8 Å². The molecule has 0 spiro atoms. The molecular formula is C21H23FN4O3. The lowest BCUT2D eigenvalue weighted by atomic mass is 9.96. The summed E-state index contributed by atoms with van der Waals surface area (Å²) in [6.45, 7) is 2.35. The van der Waals surface area contributed by atoms with Crippen LogP contribution in [0.4, 0.5) is 4.39 Å². The van der Waals surface area contributed by atoms with Gasteiger partial charge >= 0.3 is 0 Å². The Balaban J connectivity index is 1.58. The number of hydrogen-bond acceptors (Lipinski definition) is 4. The van der Waals surface area contributed by atoms with Gasteiger partial charge in [0.15, 0.2) is 0 Å². The van der Waals surface area contributed by atoms with Gasteiger partial charge in [-0.3, -0.25) is 9.59 Å². The van der Waals surface area contributed by atoms with E-state index in [2.05, 4.69) is 9.97 Å². The third-order valence-corrected chi connectivity index (χ3v) is 5.43. The fourth-order valence-electron chi connectivity index (χ4n) is 3.95. The number of likely N-dealkylation sites (tertiary alicyclic amines) is 1. The van der Waals surface area contributed by atoms with Crippen molar-refractivity contribution in [2.75, 3.05) is 26.8 Å². The van der Waals surface area contributed by atoms with E-state index in [4.69, 9.17) is 4.74 Å². The lowest BCUT2D eigenvalue weighted by Gasteiger charge is -2.32. The fraction of sp³-hybridized carbons (Fsp3) is 0.381. The van der Waals surface area contributed by atoms with E-state index in [-0.39, 0.29) is 22.8 Å². The van der Waals surface area contributed by atoms with Crippen LogP contribution in [0.3, 0.4) is 0 Å². The lowest BCUT2D eigenvalue weighted by molar-refractivity contribution is 0.0701. The second-order valence-electron chi connectivity index (χ2n) is 7.28. The summed E-state index contributed by atoms with van der Waals surface area (Å²) in [6, 6.07) is 3.94. The van der Waals surface area contributed by atoms with Crippen LogP contribution in [0.15, 0.2) is 41.6 Å². The summed E-state index contributed by atoms with van der Waals surface area (Å²) >= 11 is 0. The van der Waals surface area contributed by atoms with Crippen molar-refractivity contribution in [1.29, 1.82) is 0 Å². The van der Waals surface area contributed by atoms with E-state index in [1.54, 1.807) is 18.2 Å². The van der Waals surface area contributed by atoms with Gasteiger partial charge in [0, 0.05) is 62.2 Å². The molecule has 1 aliphatic rings. The zero-order chi connectivity index (χ0) is 20.4. The Bertz CT molecular complexity index is 1090. The highest BCUT2D eigenvalue weighted by atomic mass is 19.1. The standard InChI is InChI=1S/C21H23FN4O3/c1-29-10-9-25-8-6-23-20(25)14-3-2-7-26(13-14)21(28)17-12-24-18-5-4-15(22)11-16(18)19(17)27/h4-6,8,11-12,14H,2-3,7,9-10,13H2,1H3,(H,24,27). The molecule has 3 aromatic rings. The number of methoxy groups -OCH3 is 1. The molecule has 3 heterocycles. The van der Waals surface area contributed by atoms with E-state index < -0.39 is 11.2 Å². The normalized spacial score (nSPS) is 17.0. The Morgan fingerprint density at radius 2 is 2.28 bits per heavy atom. The van der Waals surface area contributed by atoms with E-state index in [9.17, 15) is 14.0 Å². The van der Waals surface area contributed by atoms with Crippen LogP contribution >= 0.6 is 0 Å². The number of fused-ring (bicyclic) bond motifs is 1. The molecule has 1 atom stereocenters. The molecule has 7 nitrogen and oxygen atoms in total. The van der Waals surface area contributed by atoms with E-state index in [1.165, 1.54) is 18.3 Å². The Morgan fingerprint density at radius 1 is 1.41 bits per heavy atom. The van der Waals surface area contributed by atoms with Crippen molar-refractivity contribution in [1.82, 2.24) is 19.4 Å². The summed E-state index contributed by atoms with van der Waals surface area (Å²) in [7, 11) is 1.66. The average Bonchev–Trinajstić information content (AvgIpc) is 3.21. The molecule has 8 heteroatoms. The van der Waals surface area contributed by atoms with Gasteiger partial charge in [0.05, 0.1) is 6.61 Å². The summed E-state index contributed by atoms with van der Waals surface area (Å²) in [5.74, 6) is 0.177. The molecule has 1 N–H and O–H groups in total. The number of nitrogens with one attached hydrogen (secondary N) is 1. The molecule has 0 saturated carbocycles. The second-order valence-corrected chi connectivity index (χ2v) is 7.28. The minimum absolute atomic E-state index is 0.0338. The molecular weight excluding hydrogens is 375 g/mol. The summed E-state index contributed by atoms with van der Waals surface area (Å²) < 4.78 is 20.8. The Kier molecular flexibility index (Phi) is 5.44. The van der Waals surface area contributed by atoms with Crippen molar-refractivity contribution in [3.63, 3.8) is 0 Å². The van der Waals surface area contributed by atoms with Gasteiger partial charge in [-0.1, -0.05) is 0 Å². The fourth-order valence-corrected chi connectivity index (χ4v) is 3.95. The van der Waals surface area contributed by atoms with Crippen molar-refractivity contribution >= 4 is 16.8 Å². The number of benzene rings is 1. The third-order valence-electron chi connectivity index (χ3n) is 5.43.